The predicted octanol–water partition coefficient (Wildman–Crippen LogP) is 2.58. The zero-order valence-electron chi connectivity index (χ0n) is 10.2. The molecule has 0 aromatic heterocycles. The van der Waals surface area contributed by atoms with Crippen LogP contribution in [-0.2, 0) is 0 Å². The minimum atomic E-state index is 0.154. The zero-order chi connectivity index (χ0) is 12.0. The number of benzene rings is 1. The summed E-state index contributed by atoms with van der Waals surface area (Å²) in [5.41, 5.74) is 1.19. The first-order chi connectivity index (χ1) is 7.67. The molecule has 0 unspecified atom stereocenters. The summed E-state index contributed by atoms with van der Waals surface area (Å²) in [5, 5.41) is 8.68. The summed E-state index contributed by atoms with van der Waals surface area (Å²) in [4.78, 5) is 0. The number of aliphatic hydroxyl groups excluding tert-OH is 1. The molecule has 0 saturated carbocycles. The van der Waals surface area contributed by atoms with Crippen LogP contribution < -0.4 is 9.47 Å². The van der Waals surface area contributed by atoms with E-state index in [2.05, 4.69) is 13.8 Å². The Bertz CT molecular complexity index is 321. The molecule has 0 amide bonds. The molecule has 1 N–H and O–H groups in total. The number of hydrogen-bond donors (Lipinski definition) is 1. The van der Waals surface area contributed by atoms with E-state index < -0.39 is 0 Å². The number of ether oxygens (including phenoxy) is 2. The third-order valence-electron chi connectivity index (χ3n) is 2.38. The fraction of sp³-hybridized carbons (Fsp3) is 0.538. The van der Waals surface area contributed by atoms with Crippen molar-refractivity contribution < 1.29 is 14.6 Å². The van der Waals surface area contributed by atoms with Gasteiger partial charge in [0.1, 0.15) is 11.5 Å². The molecule has 1 aromatic carbocycles. The van der Waals surface area contributed by atoms with Crippen LogP contribution in [0.25, 0.3) is 0 Å². The third kappa shape index (κ3) is 3.74. The second kappa shape index (κ2) is 6.38. The van der Waals surface area contributed by atoms with Crippen LogP contribution in [0.2, 0.25) is 0 Å². The Morgan fingerprint density at radius 3 is 2.44 bits per heavy atom. The van der Waals surface area contributed by atoms with Gasteiger partial charge in [-0.25, -0.2) is 0 Å². The standard InChI is InChI=1S/C13H20O3/c1-10(2)11-7-12(15-3)9-13(8-11)16-6-4-5-14/h7-10,14H,4-6H2,1-3H3. The van der Waals surface area contributed by atoms with E-state index in [0.717, 1.165) is 11.5 Å². The topological polar surface area (TPSA) is 38.7 Å². The highest BCUT2D eigenvalue weighted by molar-refractivity contribution is 5.39. The summed E-state index contributed by atoms with van der Waals surface area (Å²) >= 11 is 0. The van der Waals surface area contributed by atoms with Crippen molar-refractivity contribution in [3.05, 3.63) is 23.8 Å². The molecule has 0 heterocycles. The van der Waals surface area contributed by atoms with Crippen molar-refractivity contribution in [3.8, 4) is 11.5 Å². The van der Waals surface area contributed by atoms with Gasteiger partial charge >= 0.3 is 0 Å². The van der Waals surface area contributed by atoms with Crippen LogP contribution in [0.1, 0.15) is 31.7 Å². The number of rotatable bonds is 6. The fourth-order valence-electron chi connectivity index (χ4n) is 1.38. The summed E-state index contributed by atoms with van der Waals surface area (Å²) in [6.07, 6.45) is 0.647. The predicted molar refractivity (Wildman–Crippen MR) is 64.3 cm³/mol. The molecule has 16 heavy (non-hydrogen) atoms. The van der Waals surface area contributed by atoms with Gasteiger partial charge in [-0.05, 0) is 23.6 Å². The van der Waals surface area contributed by atoms with E-state index in [-0.39, 0.29) is 6.61 Å². The number of hydrogen-bond acceptors (Lipinski definition) is 3. The van der Waals surface area contributed by atoms with Gasteiger partial charge in [0.25, 0.3) is 0 Å². The lowest BCUT2D eigenvalue weighted by Crippen LogP contribution is -2.01. The minimum absolute atomic E-state index is 0.154. The Kier molecular flexibility index (Phi) is 5.12. The van der Waals surface area contributed by atoms with Gasteiger partial charge in [0, 0.05) is 19.1 Å². The Balaban J connectivity index is 2.78. The summed E-state index contributed by atoms with van der Waals surface area (Å²) in [5.74, 6) is 2.05. The second-order valence-electron chi connectivity index (χ2n) is 4.02. The highest BCUT2D eigenvalue weighted by Crippen LogP contribution is 2.27. The largest absolute Gasteiger partial charge is 0.497 e. The van der Waals surface area contributed by atoms with Gasteiger partial charge < -0.3 is 14.6 Å². The molecule has 3 nitrogen and oxygen atoms in total. The molecular weight excluding hydrogens is 204 g/mol. The van der Waals surface area contributed by atoms with Crippen molar-refractivity contribution in [2.45, 2.75) is 26.2 Å². The van der Waals surface area contributed by atoms with Crippen molar-refractivity contribution in [2.24, 2.45) is 0 Å². The lowest BCUT2D eigenvalue weighted by Gasteiger charge is -2.12. The van der Waals surface area contributed by atoms with E-state index >= 15 is 0 Å². The first kappa shape index (κ1) is 12.8. The molecular formula is C13H20O3. The number of methoxy groups -OCH3 is 1. The monoisotopic (exact) mass is 224 g/mol. The smallest absolute Gasteiger partial charge is 0.123 e. The summed E-state index contributed by atoms with van der Waals surface area (Å²) in [6, 6.07) is 5.90. The summed E-state index contributed by atoms with van der Waals surface area (Å²) in [6.45, 7) is 4.95. The van der Waals surface area contributed by atoms with E-state index in [1.807, 2.05) is 18.2 Å². The molecule has 0 atom stereocenters. The Hall–Kier alpha value is -1.22. The van der Waals surface area contributed by atoms with E-state index in [4.69, 9.17) is 14.6 Å². The molecule has 0 fully saturated rings. The van der Waals surface area contributed by atoms with Crippen LogP contribution in [-0.4, -0.2) is 25.4 Å². The van der Waals surface area contributed by atoms with Crippen molar-refractivity contribution in [3.63, 3.8) is 0 Å². The summed E-state index contributed by atoms with van der Waals surface area (Å²) < 4.78 is 10.8. The van der Waals surface area contributed by atoms with Gasteiger partial charge in [0.15, 0.2) is 0 Å². The van der Waals surface area contributed by atoms with Crippen molar-refractivity contribution in [1.29, 1.82) is 0 Å². The fourth-order valence-corrected chi connectivity index (χ4v) is 1.38. The Morgan fingerprint density at radius 2 is 1.88 bits per heavy atom. The molecule has 1 aromatic rings. The van der Waals surface area contributed by atoms with E-state index in [9.17, 15) is 0 Å². The highest BCUT2D eigenvalue weighted by atomic mass is 16.5. The molecule has 0 aliphatic rings. The van der Waals surface area contributed by atoms with E-state index in [0.29, 0.717) is 18.9 Å². The van der Waals surface area contributed by atoms with E-state index in [1.165, 1.54) is 5.56 Å². The normalized spacial score (nSPS) is 10.6. The van der Waals surface area contributed by atoms with Gasteiger partial charge in [-0.2, -0.15) is 0 Å². The molecule has 0 radical (unpaired) electrons. The van der Waals surface area contributed by atoms with Gasteiger partial charge in [-0.1, -0.05) is 13.8 Å². The molecule has 90 valence electrons. The number of aliphatic hydroxyl groups is 1. The average molecular weight is 224 g/mol. The SMILES string of the molecule is COc1cc(OCCCO)cc(C(C)C)c1. The van der Waals surface area contributed by atoms with Crippen LogP contribution in [0.15, 0.2) is 18.2 Å². The van der Waals surface area contributed by atoms with Crippen LogP contribution in [0, 0.1) is 0 Å². The van der Waals surface area contributed by atoms with Gasteiger partial charge in [-0.3, -0.25) is 0 Å². The van der Waals surface area contributed by atoms with Gasteiger partial charge in [0.2, 0.25) is 0 Å². The molecule has 3 heteroatoms. The molecule has 1 rings (SSSR count). The van der Waals surface area contributed by atoms with Crippen LogP contribution in [0.3, 0.4) is 0 Å². The molecule has 0 aliphatic carbocycles. The zero-order valence-corrected chi connectivity index (χ0v) is 10.2. The Morgan fingerprint density at radius 1 is 1.19 bits per heavy atom. The minimum Gasteiger partial charge on any atom is -0.497 e. The molecule has 0 spiro atoms. The lowest BCUT2D eigenvalue weighted by molar-refractivity contribution is 0.233. The van der Waals surface area contributed by atoms with E-state index in [1.54, 1.807) is 7.11 Å². The van der Waals surface area contributed by atoms with Crippen LogP contribution in [0.5, 0.6) is 11.5 Å². The second-order valence-corrected chi connectivity index (χ2v) is 4.02. The van der Waals surface area contributed by atoms with Gasteiger partial charge in [0.05, 0.1) is 13.7 Å². The molecule has 0 aliphatic heterocycles. The third-order valence-corrected chi connectivity index (χ3v) is 2.38. The first-order valence-electron chi connectivity index (χ1n) is 5.60. The maximum absolute atomic E-state index is 8.68. The maximum atomic E-state index is 8.68. The molecule has 0 bridgehead atoms. The van der Waals surface area contributed by atoms with Crippen LogP contribution >= 0.6 is 0 Å². The highest BCUT2D eigenvalue weighted by Gasteiger charge is 2.05. The lowest BCUT2D eigenvalue weighted by atomic mass is 10.0. The first-order valence-corrected chi connectivity index (χ1v) is 5.60. The average Bonchev–Trinajstić information content (AvgIpc) is 2.29. The molecule has 0 saturated heterocycles. The van der Waals surface area contributed by atoms with Gasteiger partial charge in [-0.15, -0.1) is 0 Å². The quantitative estimate of drug-likeness (QED) is 0.755. The van der Waals surface area contributed by atoms with Crippen molar-refractivity contribution in [1.82, 2.24) is 0 Å². The van der Waals surface area contributed by atoms with Crippen molar-refractivity contribution in [2.75, 3.05) is 20.3 Å². The summed E-state index contributed by atoms with van der Waals surface area (Å²) in [7, 11) is 1.65. The van der Waals surface area contributed by atoms with Crippen molar-refractivity contribution >= 4 is 0 Å². The van der Waals surface area contributed by atoms with Crippen LogP contribution in [0.4, 0.5) is 0 Å². The Labute approximate surface area is 97.0 Å². The maximum Gasteiger partial charge on any atom is 0.123 e.